The van der Waals surface area contributed by atoms with Crippen LogP contribution in [0.4, 0.5) is 0 Å². The molecule has 2 fully saturated rings. The number of H-pyrrole nitrogens is 1. The lowest BCUT2D eigenvalue weighted by Gasteiger charge is -2.44. The number of carboxylic acid groups (broad SMARTS) is 1. The number of aromatic nitrogens is 2. The van der Waals surface area contributed by atoms with Gasteiger partial charge < -0.3 is 15.3 Å². The van der Waals surface area contributed by atoms with Gasteiger partial charge in [-0.2, -0.15) is 0 Å². The number of amides is 2. The highest BCUT2D eigenvalue weighted by atomic mass is 32.2. The number of carbonyl (C=O) groups excluding carboxylic acids is 3. The van der Waals surface area contributed by atoms with Crippen molar-refractivity contribution in [2.45, 2.75) is 49.0 Å². The van der Waals surface area contributed by atoms with Crippen LogP contribution in [-0.2, 0) is 14.4 Å². The quantitative estimate of drug-likeness (QED) is 0.379. The van der Waals surface area contributed by atoms with Crippen LogP contribution in [0.1, 0.15) is 42.7 Å². The Morgan fingerprint density at radius 1 is 1.15 bits per heavy atom. The molecule has 11 nitrogen and oxygen atoms in total. The average Bonchev–Trinajstić information content (AvgIpc) is 3.02. The second kappa shape index (κ2) is 8.28. The lowest BCUT2D eigenvalue weighted by molar-refractivity contribution is -0.161. The lowest BCUT2D eigenvalue weighted by Crippen LogP contribution is -2.71. The molecule has 0 aliphatic carbocycles. The minimum atomic E-state index is -1.29. The summed E-state index contributed by atoms with van der Waals surface area (Å²) in [4.78, 5) is 77.8. The second-order valence-corrected chi connectivity index (χ2v) is 10.4. The summed E-state index contributed by atoms with van der Waals surface area (Å²) in [5.74, 6) is -2.97. The van der Waals surface area contributed by atoms with Crippen molar-refractivity contribution in [1.82, 2.24) is 19.8 Å². The van der Waals surface area contributed by atoms with Crippen LogP contribution in [0.25, 0.3) is 0 Å². The first kappa shape index (κ1) is 23.5. The zero-order valence-corrected chi connectivity index (χ0v) is 19.3. The van der Waals surface area contributed by atoms with Crippen LogP contribution in [0.2, 0.25) is 0 Å². The first-order valence-electron chi connectivity index (χ1n) is 10.4. The average molecular weight is 487 g/mol. The van der Waals surface area contributed by atoms with E-state index in [0.29, 0.717) is 5.56 Å². The predicted octanol–water partition coefficient (Wildman–Crippen LogP) is -0.0397. The van der Waals surface area contributed by atoms with Gasteiger partial charge in [-0.25, -0.2) is 9.59 Å². The monoisotopic (exact) mass is 486 g/mol. The molecule has 4 rings (SSSR count). The molecule has 2 aromatic rings. The molecule has 2 amide bonds. The van der Waals surface area contributed by atoms with Crippen LogP contribution in [0.3, 0.4) is 0 Å². The molecule has 0 spiro atoms. The van der Waals surface area contributed by atoms with Crippen LogP contribution < -0.4 is 16.6 Å². The number of hydrogen-bond acceptors (Lipinski definition) is 7. The van der Waals surface area contributed by atoms with E-state index in [2.05, 4.69) is 10.3 Å². The smallest absolute Gasteiger partial charge is 0.329 e. The van der Waals surface area contributed by atoms with E-state index in [-0.39, 0.29) is 5.56 Å². The summed E-state index contributed by atoms with van der Waals surface area (Å²) >= 11 is 1.27. The van der Waals surface area contributed by atoms with Gasteiger partial charge in [0.25, 0.3) is 5.56 Å². The van der Waals surface area contributed by atoms with E-state index in [4.69, 9.17) is 0 Å². The molecule has 34 heavy (non-hydrogen) atoms. The molecule has 1 aromatic heterocycles. The van der Waals surface area contributed by atoms with Crippen LogP contribution in [0.15, 0.2) is 46.1 Å². The minimum absolute atomic E-state index is 0.295. The maximum atomic E-state index is 13.4. The SMILES string of the molecule is CC(=O)c1cn(C(C(=O)NC2C(=O)N3[C@@H]2SC(C)(C)[C@@H]3C(=O)O)c2ccccc2)c(=O)[nH]c1=O. The van der Waals surface area contributed by atoms with E-state index >= 15 is 0 Å². The Morgan fingerprint density at radius 3 is 2.38 bits per heavy atom. The molecule has 1 aromatic carbocycles. The number of hydrogen-bond donors (Lipinski definition) is 3. The van der Waals surface area contributed by atoms with Gasteiger partial charge in [0, 0.05) is 10.9 Å². The fourth-order valence-electron chi connectivity index (χ4n) is 4.38. The van der Waals surface area contributed by atoms with Crippen molar-refractivity contribution in [3.05, 3.63) is 68.5 Å². The van der Waals surface area contributed by atoms with E-state index in [9.17, 15) is 33.9 Å². The van der Waals surface area contributed by atoms with Gasteiger partial charge in [-0.05, 0) is 26.3 Å². The van der Waals surface area contributed by atoms with Crippen molar-refractivity contribution >= 4 is 35.3 Å². The zero-order valence-electron chi connectivity index (χ0n) is 18.5. The summed E-state index contributed by atoms with van der Waals surface area (Å²) in [6.45, 7) is 4.60. The van der Waals surface area contributed by atoms with Gasteiger partial charge in [0.15, 0.2) is 5.78 Å². The summed E-state index contributed by atoms with van der Waals surface area (Å²) in [5, 5.41) is 11.6. The van der Waals surface area contributed by atoms with Crippen LogP contribution in [-0.4, -0.2) is 65.3 Å². The number of carboxylic acids is 1. The van der Waals surface area contributed by atoms with E-state index in [1.54, 1.807) is 44.2 Å². The van der Waals surface area contributed by atoms with Gasteiger partial charge in [-0.15, -0.1) is 11.8 Å². The number of β-lactam (4-membered cyclic amide) rings is 1. The molecular weight excluding hydrogens is 464 g/mol. The number of aromatic amines is 1. The van der Waals surface area contributed by atoms with Crippen molar-refractivity contribution in [2.75, 3.05) is 0 Å². The highest BCUT2D eigenvalue weighted by molar-refractivity contribution is 8.01. The van der Waals surface area contributed by atoms with Gasteiger partial charge in [0.1, 0.15) is 23.5 Å². The molecule has 0 bridgehead atoms. The Hall–Kier alpha value is -3.67. The third-order valence-corrected chi connectivity index (χ3v) is 7.53. The topological polar surface area (TPSA) is 159 Å². The number of nitrogens with zero attached hydrogens (tertiary/aromatic N) is 2. The summed E-state index contributed by atoms with van der Waals surface area (Å²) in [7, 11) is 0. The Labute approximate surface area is 197 Å². The Bertz CT molecular complexity index is 1320. The maximum Gasteiger partial charge on any atom is 0.329 e. The Kier molecular flexibility index (Phi) is 5.72. The van der Waals surface area contributed by atoms with E-state index in [1.165, 1.54) is 16.7 Å². The van der Waals surface area contributed by atoms with Crippen molar-refractivity contribution in [3.8, 4) is 0 Å². The first-order valence-corrected chi connectivity index (χ1v) is 11.3. The third-order valence-electron chi connectivity index (χ3n) is 5.96. The number of thioether (sulfide) groups is 1. The molecule has 3 N–H and O–H groups in total. The number of carbonyl (C=O) groups is 4. The second-order valence-electron chi connectivity index (χ2n) is 8.66. The fraction of sp³-hybridized carbons (Fsp3) is 0.364. The Balaban J connectivity index is 1.70. The van der Waals surface area contributed by atoms with E-state index in [0.717, 1.165) is 17.7 Å². The highest BCUT2D eigenvalue weighted by Gasteiger charge is 2.64. The highest BCUT2D eigenvalue weighted by Crippen LogP contribution is 2.50. The molecule has 4 atom stereocenters. The number of rotatable bonds is 6. The van der Waals surface area contributed by atoms with Crippen molar-refractivity contribution < 1.29 is 24.3 Å². The molecule has 178 valence electrons. The molecule has 0 radical (unpaired) electrons. The summed E-state index contributed by atoms with van der Waals surface area (Å²) in [6, 6.07) is 4.90. The normalized spacial score (nSPS) is 23.6. The maximum absolute atomic E-state index is 13.4. The van der Waals surface area contributed by atoms with Gasteiger partial charge >= 0.3 is 11.7 Å². The minimum Gasteiger partial charge on any atom is -0.480 e. The van der Waals surface area contributed by atoms with Crippen LogP contribution in [0.5, 0.6) is 0 Å². The van der Waals surface area contributed by atoms with E-state index < -0.39 is 63.1 Å². The molecule has 2 aliphatic rings. The number of Topliss-reactive ketones (excluding diaryl/α,β-unsaturated/α-hetero) is 1. The molecule has 2 aliphatic heterocycles. The summed E-state index contributed by atoms with van der Waals surface area (Å²) < 4.78 is 0.173. The third kappa shape index (κ3) is 3.73. The number of aliphatic carboxylic acids is 1. The summed E-state index contributed by atoms with van der Waals surface area (Å²) in [5.41, 5.74) is -1.68. The number of ketones is 1. The van der Waals surface area contributed by atoms with Gasteiger partial charge in [-0.1, -0.05) is 30.3 Å². The largest absolute Gasteiger partial charge is 0.480 e. The van der Waals surface area contributed by atoms with Crippen molar-refractivity contribution in [2.24, 2.45) is 0 Å². The van der Waals surface area contributed by atoms with Gasteiger partial charge in [0.2, 0.25) is 11.8 Å². The van der Waals surface area contributed by atoms with Crippen molar-refractivity contribution in [1.29, 1.82) is 0 Å². The molecule has 3 heterocycles. The predicted molar refractivity (Wildman–Crippen MR) is 122 cm³/mol. The number of benzene rings is 1. The zero-order chi connectivity index (χ0) is 24.9. The molecule has 0 saturated carbocycles. The molecule has 12 heteroatoms. The Morgan fingerprint density at radius 2 is 1.79 bits per heavy atom. The summed E-state index contributed by atoms with van der Waals surface area (Å²) in [6.07, 6.45) is 1.03. The number of fused-ring (bicyclic) bond motifs is 1. The molecular formula is C22H22N4O7S. The van der Waals surface area contributed by atoms with Crippen molar-refractivity contribution in [3.63, 3.8) is 0 Å². The van der Waals surface area contributed by atoms with Gasteiger partial charge in [0.05, 0.1) is 5.56 Å². The first-order chi connectivity index (χ1) is 15.9. The molecule has 2 saturated heterocycles. The van der Waals surface area contributed by atoms with Gasteiger partial charge in [-0.3, -0.25) is 28.7 Å². The van der Waals surface area contributed by atoms with E-state index in [1.807, 2.05) is 0 Å². The van der Waals surface area contributed by atoms with Crippen LogP contribution in [0, 0.1) is 0 Å². The lowest BCUT2D eigenvalue weighted by atomic mass is 9.95. The fourth-order valence-corrected chi connectivity index (χ4v) is 6.00. The standard InChI is InChI=1S/C22H22N4O7S/c1-10(27)12-9-25(21(33)24-16(12)28)14(11-7-5-4-6-8-11)17(29)23-13-18(30)26-15(20(31)32)22(2,3)34-19(13)26/h4-9,13-15,19H,1-3H3,(H,23,29)(H,31,32)(H,24,28,33)/t13?,14?,15-,19+/m0/s1. The van der Waals surface area contributed by atoms with Crippen LogP contribution >= 0.6 is 11.8 Å². The number of nitrogens with one attached hydrogen (secondary N) is 2. The molecule has 2 unspecified atom stereocenters.